The zero-order valence-electron chi connectivity index (χ0n) is 10.6. The zero-order chi connectivity index (χ0) is 14.8. The molecule has 0 unspecified atom stereocenters. The minimum absolute atomic E-state index is 0.111. The summed E-state index contributed by atoms with van der Waals surface area (Å²) in [5, 5.41) is 11.9. The van der Waals surface area contributed by atoms with E-state index < -0.39 is 11.7 Å². The van der Waals surface area contributed by atoms with Gasteiger partial charge in [0.15, 0.2) is 6.20 Å². The number of thioether (sulfide) groups is 1. The molecule has 1 atom stereocenters. The minimum atomic E-state index is -4.33. The predicted octanol–water partition coefficient (Wildman–Crippen LogP) is 4.19. The number of hydrogen-bond donors (Lipinski definition) is 0. The predicted molar refractivity (Wildman–Crippen MR) is 71.1 cm³/mol. The van der Waals surface area contributed by atoms with E-state index in [2.05, 4.69) is 0 Å². The molecule has 1 heterocycles. The Bertz CT molecular complexity index is 584. The molecule has 0 saturated heterocycles. The minimum Gasteiger partial charge on any atom is -0.618 e. The number of alkyl halides is 3. The molecule has 0 aliphatic heterocycles. The van der Waals surface area contributed by atoms with Crippen LogP contribution in [0, 0.1) is 5.21 Å². The van der Waals surface area contributed by atoms with Crippen LogP contribution in [0.1, 0.15) is 23.3 Å². The van der Waals surface area contributed by atoms with E-state index in [1.165, 1.54) is 30.1 Å². The van der Waals surface area contributed by atoms with E-state index >= 15 is 0 Å². The van der Waals surface area contributed by atoms with Gasteiger partial charge >= 0.3 is 6.18 Å². The number of pyridine rings is 1. The van der Waals surface area contributed by atoms with Crippen molar-refractivity contribution in [2.45, 2.75) is 23.4 Å². The molecule has 0 bridgehead atoms. The molecule has 0 saturated carbocycles. The lowest BCUT2D eigenvalue weighted by Crippen LogP contribution is -2.27. The number of aromatic nitrogens is 1. The van der Waals surface area contributed by atoms with Gasteiger partial charge in [0.2, 0.25) is 0 Å². The Morgan fingerprint density at radius 2 is 1.75 bits per heavy atom. The largest absolute Gasteiger partial charge is 0.618 e. The van der Waals surface area contributed by atoms with Crippen LogP contribution < -0.4 is 4.73 Å². The summed E-state index contributed by atoms with van der Waals surface area (Å²) in [6, 6.07) is 10.1. The van der Waals surface area contributed by atoms with Gasteiger partial charge in [-0.05, 0) is 42.4 Å². The fourth-order valence-corrected chi connectivity index (χ4v) is 2.67. The van der Waals surface area contributed by atoms with E-state index in [4.69, 9.17) is 0 Å². The standard InChI is InChI=1S/C14H12F3NOS/c1-10(20-13-4-2-3-9-18(13)19)11-5-7-12(8-6-11)14(15,16)17/h2-10H,1H3/t10-/m1/s1. The van der Waals surface area contributed by atoms with E-state index in [-0.39, 0.29) is 5.25 Å². The lowest BCUT2D eigenvalue weighted by atomic mass is 10.1. The van der Waals surface area contributed by atoms with Gasteiger partial charge in [-0.2, -0.15) is 17.9 Å². The SMILES string of the molecule is C[C@@H](Sc1cccc[n+]1[O-])c1ccc(C(F)(F)F)cc1. The van der Waals surface area contributed by atoms with Gasteiger partial charge in [-0.15, -0.1) is 0 Å². The highest BCUT2D eigenvalue weighted by atomic mass is 32.2. The van der Waals surface area contributed by atoms with Crippen molar-refractivity contribution >= 4 is 11.8 Å². The first-order valence-electron chi connectivity index (χ1n) is 5.90. The van der Waals surface area contributed by atoms with Crippen molar-refractivity contribution in [3.63, 3.8) is 0 Å². The van der Waals surface area contributed by atoms with Crippen LogP contribution in [0.25, 0.3) is 0 Å². The molecule has 2 nitrogen and oxygen atoms in total. The van der Waals surface area contributed by atoms with Gasteiger partial charge in [-0.25, -0.2) is 0 Å². The van der Waals surface area contributed by atoms with Crippen molar-refractivity contribution in [2.24, 2.45) is 0 Å². The summed E-state index contributed by atoms with van der Waals surface area (Å²) < 4.78 is 38.2. The molecule has 6 heteroatoms. The lowest BCUT2D eigenvalue weighted by molar-refractivity contribution is -0.645. The van der Waals surface area contributed by atoms with Crippen molar-refractivity contribution in [2.75, 3.05) is 0 Å². The normalized spacial score (nSPS) is 13.2. The second kappa shape index (κ2) is 5.75. The van der Waals surface area contributed by atoms with Crippen molar-refractivity contribution in [1.82, 2.24) is 0 Å². The average Bonchev–Trinajstić information content (AvgIpc) is 2.40. The van der Waals surface area contributed by atoms with Crippen LogP contribution in [-0.4, -0.2) is 0 Å². The van der Waals surface area contributed by atoms with Crippen LogP contribution in [0.3, 0.4) is 0 Å². The van der Waals surface area contributed by atoms with Gasteiger partial charge < -0.3 is 5.21 Å². The van der Waals surface area contributed by atoms with E-state index in [0.717, 1.165) is 22.4 Å². The number of benzene rings is 1. The molecule has 20 heavy (non-hydrogen) atoms. The number of hydrogen-bond acceptors (Lipinski definition) is 2. The second-order valence-corrected chi connectivity index (χ2v) is 5.61. The fraction of sp³-hybridized carbons (Fsp3) is 0.214. The molecular weight excluding hydrogens is 287 g/mol. The molecular formula is C14H12F3NOS. The maximum Gasteiger partial charge on any atom is 0.416 e. The number of rotatable bonds is 3. The van der Waals surface area contributed by atoms with Crippen LogP contribution in [0.5, 0.6) is 0 Å². The van der Waals surface area contributed by atoms with Gasteiger partial charge in [0.1, 0.15) is 0 Å². The average molecular weight is 299 g/mol. The lowest BCUT2D eigenvalue weighted by Gasteiger charge is -2.12. The van der Waals surface area contributed by atoms with Crippen molar-refractivity contribution in [1.29, 1.82) is 0 Å². The van der Waals surface area contributed by atoms with Crippen LogP contribution >= 0.6 is 11.8 Å². The smallest absolute Gasteiger partial charge is 0.416 e. The Hall–Kier alpha value is -1.69. The maximum absolute atomic E-state index is 12.5. The molecule has 0 radical (unpaired) electrons. The van der Waals surface area contributed by atoms with Crippen LogP contribution in [-0.2, 0) is 6.18 Å². The van der Waals surface area contributed by atoms with Gasteiger partial charge in [-0.1, -0.05) is 12.1 Å². The summed E-state index contributed by atoms with van der Waals surface area (Å²) in [4.78, 5) is 0. The summed E-state index contributed by atoms with van der Waals surface area (Å²) in [6.07, 6.45) is -2.94. The third-order valence-electron chi connectivity index (χ3n) is 2.79. The third kappa shape index (κ3) is 3.45. The summed E-state index contributed by atoms with van der Waals surface area (Å²) in [5.74, 6) is 0. The van der Waals surface area contributed by atoms with E-state index in [9.17, 15) is 18.4 Å². The van der Waals surface area contributed by atoms with Gasteiger partial charge in [-0.3, -0.25) is 0 Å². The molecule has 0 aliphatic rings. The summed E-state index contributed by atoms with van der Waals surface area (Å²) in [7, 11) is 0. The molecule has 0 aliphatic carbocycles. The Morgan fingerprint density at radius 3 is 2.30 bits per heavy atom. The second-order valence-electron chi connectivity index (χ2n) is 4.24. The van der Waals surface area contributed by atoms with Gasteiger partial charge in [0.25, 0.3) is 5.03 Å². The van der Waals surface area contributed by atoms with Gasteiger partial charge in [0.05, 0.1) is 5.56 Å². The molecule has 2 aromatic rings. The fourth-order valence-electron chi connectivity index (χ4n) is 1.70. The summed E-state index contributed by atoms with van der Waals surface area (Å²) >= 11 is 1.31. The molecule has 0 spiro atoms. The number of halogens is 3. The van der Waals surface area contributed by atoms with Crippen molar-refractivity contribution < 1.29 is 17.9 Å². The van der Waals surface area contributed by atoms with Gasteiger partial charge in [0, 0.05) is 17.4 Å². The Morgan fingerprint density at radius 1 is 1.10 bits per heavy atom. The first kappa shape index (κ1) is 14.7. The van der Waals surface area contributed by atoms with Crippen LogP contribution in [0.2, 0.25) is 0 Å². The molecule has 1 aromatic heterocycles. The molecule has 0 amide bonds. The highest BCUT2D eigenvalue weighted by Gasteiger charge is 2.30. The van der Waals surface area contributed by atoms with Crippen molar-refractivity contribution in [3.05, 3.63) is 65.0 Å². The quantitative estimate of drug-likeness (QED) is 0.482. The monoisotopic (exact) mass is 299 g/mol. The van der Waals surface area contributed by atoms with E-state index in [1.807, 2.05) is 6.92 Å². The highest BCUT2D eigenvalue weighted by Crippen LogP contribution is 2.35. The molecule has 1 aromatic carbocycles. The topological polar surface area (TPSA) is 26.9 Å². The third-order valence-corrected chi connectivity index (χ3v) is 3.98. The Labute approximate surface area is 118 Å². The maximum atomic E-state index is 12.5. The van der Waals surface area contributed by atoms with E-state index in [0.29, 0.717) is 5.03 Å². The Balaban J connectivity index is 2.14. The summed E-state index contributed by atoms with van der Waals surface area (Å²) in [6.45, 7) is 1.85. The highest BCUT2D eigenvalue weighted by molar-refractivity contribution is 7.99. The molecule has 0 fully saturated rings. The first-order chi connectivity index (χ1) is 9.38. The molecule has 0 N–H and O–H groups in total. The molecule has 106 valence electrons. The molecule has 2 rings (SSSR count). The Kier molecular flexibility index (Phi) is 4.23. The van der Waals surface area contributed by atoms with Crippen LogP contribution in [0.15, 0.2) is 53.7 Å². The first-order valence-corrected chi connectivity index (χ1v) is 6.78. The van der Waals surface area contributed by atoms with E-state index in [1.54, 1.807) is 18.2 Å². The van der Waals surface area contributed by atoms with Crippen LogP contribution in [0.4, 0.5) is 13.2 Å². The van der Waals surface area contributed by atoms with Crippen molar-refractivity contribution in [3.8, 4) is 0 Å². The zero-order valence-corrected chi connectivity index (χ0v) is 11.4. The number of nitrogens with zero attached hydrogens (tertiary/aromatic N) is 1. The summed E-state index contributed by atoms with van der Waals surface area (Å²) in [5.41, 5.74) is 0.0731.